The van der Waals surface area contributed by atoms with Gasteiger partial charge in [0.05, 0.1) is 12.7 Å². The van der Waals surface area contributed by atoms with Crippen LogP contribution in [0.25, 0.3) is 0 Å². The van der Waals surface area contributed by atoms with Gasteiger partial charge in [-0.1, -0.05) is 20.8 Å². The van der Waals surface area contributed by atoms with Crippen LogP contribution in [-0.2, 0) is 4.79 Å². The molecular formula is C19H28N2O4. The van der Waals surface area contributed by atoms with Crippen LogP contribution in [0.5, 0.6) is 11.5 Å². The molecule has 1 saturated heterocycles. The molecule has 1 atom stereocenters. The number of hydrogen-bond donors (Lipinski definition) is 2. The Hall–Kier alpha value is -2.24. The number of aromatic hydroxyl groups is 1. The number of likely N-dealkylation sites (tertiary alicyclic amines) is 1. The van der Waals surface area contributed by atoms with E-state index < -0.39 is 5.41 Å². The van der Waals surface area contributed by atoms with E-state index >= 15 is 0 Å². The number of methoxy groups -OCH3 is 1. The summed E-state index contributed by atoms with van der Waals surface area (Å²) in [6, 6.07) is 4.69. The fraction of sp³-hybridized carbons (Fsp3) is 0.579. The number of carbonyl (C=O) groups is 2. The number of benzene rings is 1. The average molecular weight is 348 g/mol. The number of phenols is 1. The number of nitrogens with one attached hydrogen (secondary N) is 1. The van der Waals surface area contributed by atoms with Crippen LogP contribution in [0, 0.1) is 11.3 Å². The molecule has 0 unspecified atom stereocenters. The van der Waals surface area contributed by atoms with Gasteiger partial charge in [0.25, 0.3) is 5.91 Å². The van der Waals surface area contributed by atoms with Crippen LogP contribution >= 0.6 is 0 Å². The van der Waals surface area contributed by atoms with Crippen molar-refractivity contribution in [3.05, 3.63) is 23.8 Å². The van der Waals surface area contributed by atoms with Gasteiger partial charge in [-0.3, -0.25) is 9.59 Å². The van der Waals surface area contributed by atoms with Crippen LogP contribution in [0.1, 0.15) is 44.0 Å². The Morgan fingerprint density at radius 3 is 2.68 bits per heavy atom. The number of piperidine rings is 1. The third-order valence-electron chi connectivity index (χ3n) is 4.47. The van der Waals surface area contributed by atoms with Crippen molar-refractivity contribution in [2.75, 3.05) is 26.7 Å². The molecule has 1 aromatic rings. The summed E-state index contributed by atoms with van der Waals surface area (Å²) >= 11 is 0. The normalized spacial score (nSPS) is 17.9. The van der Waals surface area contributed by atoms with Crippen molar-refractivity contribution in [1.29, 1.82) is 0 Å². The largest absolute Gasteiger partial charge is 0.507 e. The fourth-order valence-corrected chi connectivity index (χ4v) is 2.91. The van der Waals surface area contributed by atoms with Crippen LogP contribution in [0.2, 0.25) is 0 Å². The van der Waals surface area contributed by atoms with E-state index in [-0.39, 0.29) is 29.0 Å². The van der Waals surface area contributed by atoms with E-state index in [0.29, 0.717) is 25.4 Å². The standard InChI is InChI=1S/C19H28N2O4/c1-19(2,3)18(24)20-11-13-6-5-9-21(12-13)17(23)15-8-7-14(25-4)10-16(15)22/h7-8,10,13,22H,5-6,9,11-12H2,1-4H3,(H,20,24)/t13-/m1/s1. The lowest BCUT2D eigenvalue weighted by Crippen LogP contribution is -2.45. The highest BCUT2D eigenvalue weighted by Gasteiger charge is 2.28. The highest BCUT2D eigenvalue weighted by molar-refractivity contribution is 5.97. The number of rotatable bonds is 4. The molecule has 1 aromatic carbocycles. The molecule has 0 saturated carbocycles. The lowest BCUT2D eigenvalue weighted by Gasteiger charge is -2.33. The van der Waals surface area contributed by atoms with Gasteiger partial charge < -0.3 is 20.1 Å². The van der Waals surface area contributed by atoms with Crippen molar-refractivity contribution >= 4 is 11.8 Å². The van der Waals surface area contributed by atoms with Gasteiger partial charge in [-0.05, 0) is 30.9 Å². The summed E-state index contributed by atoms with van der Waals surface area (Å²) in [6.45, 7) is 7.44. The zero-order valence-electron chi connectivity index (χ0n) is 15.5. The molecule has 2 amide bonds. The number of nitrogens with zero attached hydrogens (tertiary/aromatic N) is 1. The Morgan fingerprint density at radius 2 is 2.08 bits per heavy atom. The number of hydrogen-bond acceptors (Lipinski definition) is 4. The smallest absolute Gasteiger partial charge is 0.257 e. The summed E-state index contributed by atoms with van der Waals surface area (Å²) < 4.78 is 5.05. The maximum atomic E-state index is 12.7. The zero-order valence-corrected chi connectivity index (χ0v) is 15.5. The molecule has 0 spiro atoms. The second kappa shape index (κ2) is 7.76. The minimum absolute atomic E-state index is 0.0174. The highest BCUT2D eigenvalue weighted by Crippen LogP contribution is 2.26. The molecular weight excluding hydrogens is 320 g/mol. The Morgan fingerprint density at radius 1 is 1.36 bits per heavy atom. The molecule has 0 bridgehead atoms. The van der Waals surface area contributed by atoms with Crippen molar-refractivity contribution < 1.29 is 19.4 Å². The molecule has 1 aliphatic rings. The van der Waals surface area contributed by atoms with Crippen molar-refractivity contribution in [2.24, 2.45) is 11.3 Å². The Labute approximate surface area is 149 Å². The monoisotopic (exact) mass is 348 g/mol. The second-order valence-corrected chi connectivity index (χ2v) is 7.60. The molecule has 0 radical (unpaired) electrons. The van der Waals surface area contributed by atoms with Crippen molar-refractivity contribution in [3.8, 4) is 11.5 Å². The lowest BCUT2D eigenvalue weighted by molar-refractivity contribution is -0.128. The Balaban J connectivity index is 1.98. The first kappa shape index (κ1) is 19.1. The second-order valence-electron chi connectivity index (χ2n) is 7.60. The average Bonchev–Trinajstić information content (AvgIpc) is 2.58. The maximum Gasteiger partial charge on any atom is 0.257 e. The van der Waals surface area contributed by atoms with Crippen LogP contribution in [0.4, 0.5) is 0 Å². The van der Waals surface area contributed by atoms with Crippen molar-refractivity contribution in [1.82, 2.24) is 10.2 Å². The molecule has 1 aliphatic heterocycles. The number of amides is 2. The van der Waals surface area contributed by atoms with E-state index in [1.54, 1.807) is 17.0 Å². The number of ether oxygens (including phenoxy) is 1. The topological polar surface area (TPSA) is 78.9 Å². The van der Waals surface area contributed by atoms with Crippen molar-refractivity contribution in [2.45, 2.75) is 33.6 Å². The Kier molecular flexibility index (Phi) is 5.93. The summed E-state index contributed by atoms with van der Waals surface area (Å²) in [5.41, 5.74) is -0.140. The van der Waals surface area contributed by atoms with Crippen LogP contribution in [0.3, 0.4) is 0 Å². The first-order chi connectivity index (χ1) is 11.7. The molecule has 1 fully saturated rings. The molecule has 25 heavy (non-hydrogen) atoms. The molecule has 6 nitrogen and oxygen atoms in total. The summed E-state index contributed by atoms with van der Waals surface area (Å²) in [7, 11) is 1.51. The SMILES string of the molecule is COc1ccc(C(=O)N2CCC[C@H](CNC(=O)C(C)(C)C)C2)c(O)c1. The minimum Gasteiger partial charge on any atom is -0.507 e. The van der Waals surface area contributed by atoms with Gasteiger partial charge in [-0.2, -0.15) is 0 Å². The third kappa shape index (κ3) is 4.87. The Bertz CT molecular complexity index is 637. The zero-order chi connectivity index (χ0) is 18.6. The van der Waals surface area contributed by atoms with E-state index in [4.69, 9.17) is 4.74 Å². The molecule has 138 valence electrons. The van der Waals surface area contributed by atoms with Crippen molar-refractivity contribution in [3.63, 3.8) is 0 Å². The molecule has 0 aromatic heterocycles. The van der Waals surface area contributed by atoms with Gasteiger partial charge in [0.15, 0.2) is 0 Å². The lowest BCUT2D eigenvalue weighted by atomic mass is 9.93. The predicted octanol–water partition coefficient (Wildman–Crippen LogP) is 2.42. The van der Waals surface area contributed by atoms with Gasteiger partial charge in [-0.25, -0.2) is 0 Å². The third-order valence-corrected chi connectivity index (χ3v) is 4.47. The summed E-state index contributed by atoms with van der Waals surface area (Å²) in [4.78, 5) is 26.5. The molecule has 6 heteroatoms. The number of phenolic OH excluding ortho intramolecular Hbond substituents is 1. The van der Waals surface area contributed by atoms with E-state index in [1.807, 2.05) is 20.8 Å². The predicted molar refractivity (Wildman–Crippen MR) is 95.8 cm³/mol. The van der Waals surface area contributed by atoms with Gasteiger partial charge in [0.2, 0.25) is 5.91 Å². The highest BCUT2D eigenvalue weighted by atomic mass is 16.5. The fourth-order valence-electron chi connectivity index (χ4n) is 2.91. The van der Waals surface area contributed by atoms with Crippen LogP contribution < -0.4 is 10.1 Å². The van der Waals surface area contributed by atoms with E-state index in [9.17, 15) is 14.7 Å². The first-order valence-corrected chi connectivity index (χ1v) is 8.67. The van der Waals surface area contributed by atoms with E-state index in [1.165, 1.54) is 13.2 Å². The van der Waals surface area contributed by atoms with Gasteiger partial charge in [-0.15, -0.1) is 0 Å². The van der Waals surface area contributed by atoms with E-state index in [0.717, 1.165) is 12.8 Å². The first-order valence-electron chi connectivity index (χ1n) is 8.67. The van der Waals surface area contributed by atoms with Gasteiger partial charge in [0, 0.05) is 31.1 Å². The summed E-state index contributed by atoms with van der Waals surface area (Å²) in [6.07, 6.45) is 1.86. The van der Waals surface area contributed by atoms with Crippen LogP contribution in [-0.4, -0.2) is 48.6 Å². The van der Waals surface area contributed by atoms with E-state index in [2.05, 4.69) is 5.32 Å². The number of carbonyl (C=O) groups excluding carboxylic acids is 2. The van der Waals surface area contributed by atoms with Gasteiger partial charge in [0.1, 0.15) is 11.5 Å². The molecule has 1 heterocycles. The quantitative estimate of drug-likeness (QED) is 0.876. The minimum atomic E-state index is -0.418. The summed E-state index contributed by atoms with van der Waals surface area (Å²) in [5, 5.41) is 13.0. The van der Waals surface area contributed by atoms with Gasteiger partial charge >= 0.3 is 0 Å². The molecule has 2 N–H and O–H groups in total. The molecule has 2 rings (SSSR count). The van der Waals surface area contributed by atoms with Crippen LogP contribution in [0.15, 0.2) is 18.2 Å². The summed E-state index contributed by atoms with van der Waals surface area (Å²) in [5.74, 6) is 0.489. The maximum absolute atomic E-state index is 12.7. The molecule has 0 aliphatic carbocycles.